The molecule has 1 aromatic heterocycles. The number of ether oxygens (including phenoxy) is 1. The van der Waals surface area contributed by atoms with Gasteiger partial charge in [-0.3, -0.25) is 9.36 Å². The predicted molar refractivity (Wildman–Crippen MR) is 84.8 cm³/mol. The number of hydrogen-bond donors (Lipinski definition) is 1. The van der Waals surface area contributed by atoms with Crippen molar-refractivity contribution in [2.45, 2.75) is 33.2 Å². The minimum absolute atomic E-state index is 0.152. The zero-order valence-electron chi connectivity index (χ0n) is 13.4. The Labute approximate surface area is 134 Å². The second-order valence-corrected chi connectivity index (χ2v) is 5.74. The zero-order valence-corrected chi connectivity index (χ0v) is 13.4. The first-order chi connectivity index (χ1) is 11.0. The van der Waals surface area contributed by atoms with E-state index in [2.05, 4.69) is 24.1 Å². The van der Waals surface area contributed by atoms with Gasteiger partial charge in [0.05, 0.1) is 30.1 Å². The van der Waals surface area contributed by atoms with E-state index in [1.807, 2.05) is 18.2 Å². The molecule has 0 unspecified atom stereocenters. The van der Waals surface area contributed by atoms with Crippen LogP contribution >= 0.6 is 0 Å². The molecular formula is C17H19N3O3. The molecule has 0 saturated carbocycles. The lowest BCUT2D eigenvalue weighted by Crippen LogP contribution is -2.22. The Morgan fingerprint density at radius 2 is 2.22 bits per heavy atom. The van der Waals surface area contributed by atoms with Crippen molar-refractivity contribution in [2.75, 3.05) is 6.61 Å². The molecule has 1 aromatic carbocycles. The van der Waals surface area contributed by atoms with E-state index in [0.29, 0.717) is 17.2 Å². The molecule has 0 spiro atoms. The number of fused-ring (bicyclic) bond motifs is 3. The van der Waals surface area contributed by atoms with Gasteiger partial charge in [-0.25, -0.2) is 9.78 Å². The van der Waals surface area contributed by atoms with E-state index >= 15 is 0 Å². The number of amides is 1. The summed E-state index contributed by atoms with van der Waals surface area (Å²) >= 11 is 0. The quantitative estimate of drug-likeness (QED) is 0.883. The van der Waals surface area contributed by atoms with Crippen molar-refractivity contribution in [3.63, 3.8) is 0 Å². The zero-order chi connectivity index (χ0) is 16.6. The predicted octanol–water partition coefficient (Wildman–Crippen LogP) is 2.42. The van der Waals surface area contributed by atoms with Crippen molar-refractivity contribution in [3.05, 3.63) is 47.0 Å². The van der Waals surface area contributed by atoms with E-state index in [1.54, 1.807) is 17.8 Å². The van der Waals surface area contributed by atoms with Gasteiger partial charge in [-0.2, -0.15) is 0 Å². The monoisotopic (exact) mass is 313 g/mol. The molecule has 23 heavy (non-hydrogen) atoms. The van der Waals surface area contributed by atoms with Gasteiger partial charge < -0.3 is 10.1 Å². The summed E-state index contributed by atoms with van der Waals surface area (Å²) in [4.78, 5) is 28.6. The van der Waals surface area contributed by atoms with Crippen LogP contribution in [0.1, 0.15) is 58.8 Å². The second-order valence-electron chi connectivity index (χ2n) is 5.74. The standard InChI is InChI=1S/C17H19N3O3/c1-4-23-17(22)15-14-8-18-16(21)12-7-11(10(2)3)5-6-13(12)20(14)9-19-15/h5-7,9-10H,4,8H2,1-3H3,(H,18,21). The molecule has 0 radical (unpaired) electrons. The Morgan fingerprint density at radius 3 is 2.91 bits per heavy atom. The molecule has 2 heterocycles. The van der Waals surface area contributed by atoms with Crippen LogP contribution < -0.4 is 5.32 Å². The molecule has 1 amide bonds. The first-order valence-electron chi connectivity index (χ1n) is 7.68. The molecular weight excluding hydrogens is 294 g/mol. The van der Waals surface area contributed by atoms with Gasteiger partial charge in [0.2, 0.25) is 0 Å². The summed E-state index contributed by atoms with van der Waals surface area (Å²) < 4.78 is 6.81. The van der Waals surface area contributed by atoms with Crippen molar-refractivity contribution < 1.29 is 14.3 Å². The fourth-order valence-corrected chi connectivity index (χ4v) is 2.68. The van der Waals surface area contributed by atoms with Gasteiger partial charge in [-0.05, 0) is 30.5 Å². The number of hydrogen-bond acceptors (Lipinski definition) is 4. The smallest absolute Gasteiger partial charge is 0.358 e. The van der Waals surface area contributed by atoms with Gasteiger partial charge in [-0.1, -0.05) is 19.9 Å². The summed E-state index contributed by atoms with van der Waals surface area (Å²) in [5, 5.41) is 2.84. The molecule has 0 saturated heterocycles. The van der Waals surface area contributed by atoms with Crippen LogP contribution in [0.2, 0.25) is 0 Å². The molecule has 1 aliphatic heterocycles. The molecule has 120 valence electrons. The third-order valence-electron chi connectivity index (χ3n) is 3.94. The highest BCUT2D eigenvalue weighted by Crippen LogP contribution is 2.26. The van der Waals surface area contributed by atoms with E-state index in [1.165, 1.54) is 0 Å². The highest BCUT2D eigenvalue weighted by atomic mass is 16.5. The number of esters is 1. The van der Waals surface area contributed by atoms with Crippen LogP contribution in [0.25, 0.3) is 5.69 Å². The maximum absolute atomic E-state index is 12.4. The molecule has 6 nitrogen and oxygen atoms in total. The highest BCUT2D eigenvalue weighted by Gasteiger charge is 2.26. The van der Waals surface area contributed by atoms with Gasteiger partial charge in [0.1, 0.15) is 6.33 Å². The molecule has 0 atom stereocenters. The second kappa shape index (κ2) is 5.87. The Kier molecular flexibility index (Phi) is 3.90. The molecule has 1 N–H and O–H groups in total. The fraction of sp³-hybridized carbons (Fsp3) is 0.353. The van der Waals surface area contributed by atoms with E-state index in [4.69, 9.17) is 4.74 Å². The van der Waals surface area contributed by atoms with E-state index in [9.17, 15) is 9.59 Å². The van der Waals surface area contributed by atoms with Crippen LogP contribution in [0.3, 0.4) is 0 Å². The van der Waals surface area contributed by atoms with Crippen molar-refractivity contribution in [3.8, 4) is 5.69 Å². The lowest BCUT2D eigenvalue weighted by Gasteiger charge is -2.11. The Balaban J connectivity index is 2.13. The maximum Gasteiger partial charge on any atom is 0.358 e. The number of nitrogens with zero attached hydrogens (tertiary/aromatic N) is 2. The van der Waals surface area contributed by atoms with Crippen LogP contribution in [0, 0.1) is 0 Å². The summed E-state index contributed by atoms with van der Waals surface area (Å²) in [5.41, 5.74) is 3.28. The number of carbonyl (C=O) groups excluding carboxylic acids is 2. The Bertz CT molecular complexity index is 777. The number of carbonyl (C=O) groups is 2. The summed E-state index contributed by atoms with van der Waals surface area (Å²) in [6.07, 6.45) is 1.57. The SMILES string of the molecule is CCOC(=O)c1ncn2c1CNC(=O)c1cc(C(C)C)ccc1-2. The van der Waals surface area contributed by atoms with Crippen LogP contribution in [0.15, 0.2) is 24.5 Å². The third-order valence-corrected chi connectivity index (χ3v) is 3.94. The molecule has 6 heteroatoms. The number of aromatic nitrogens is 2. The lowest BCUT2D eigenvalue weighted by molar-refractivity contribution is 0.0518. The van der Waals surface area contributed by atoms with Gasteiger partial charge >= 0.3 is 5.97 Å². The number of imidazole rings is 1. The summed E-state index contributed by atoms with van der Waals surface area (Å²) in [5.74, 6) is -0.299. The average Bonchev–Trinajstić information content (AvgIpc) is 2.90. The van der Waals surface area contributed by atoms with Crippen LogP contribution in [-0.4, -0.2) is 28.0 Å². The normalized spacial score (nSPS) is 13.1. The number of nitrogens with one attached hydrogen (secondary N) is 1. The van der Waals surface area contributed by atoms with Crippen LogP contribution in [0.4, 0.5) is 0 Å². The lowest BCUT2D eigenvalue weighted by atomic mass is 9.99. The summed E-state index contributed by atoms with van der Waals surface area (Å²) in [7, 11) is 0. The third kappa shape index (κ3) is 2.60. The summed E-state index contributed by atoms with van der Waals surface area (Å²) in [6, 6.07) is 5.79. The Hall–Kier alpha value is -2.63. The molecule has 0 fully saturated rings. The molecule has 1 aliphatic rings. The van der Waals surface area contributed by atoms with Crippen molar-refractivity contribution in [1.82, 2.24) is 14.9 Å². The van der Waals surface area contributed by atoms with Gasteiger partial charge in [-0.15, -0.1) is 0 Å². The topological polar surface area (TPSA) is 73.2 Å². The highest BCUT2D eigenvalue weighted by molar-refractivity contribution is 5.99. The number of rotatable bonds is 3. The van der Waals surface area contributed by atoms with E-state index in [0.717, 1.165) is 11.3 Å². The molecule has 0 bridgehead atoms. The first kappa shape index (κ1) is 15.3. The van der Waals surface area contributed by atoms with Gasteiger partial charge in [0.25, 0.3) is 5.91 Å². The van der Waals surface area contributed by atoms with Crippen LogP contribution in [-0.2, 0) is 11.3 Å². The van der Waals surface area contributed by atoms with Crippen molar-refractivity contribution >= 4 is 11.9 Å². The molecule has 0 aliphatic carbocycles. The van der Waals surface area contributed by atoms with Gasteiger partial charge in [0, 0.05) is 0 Å². The molecule has 2 aromatic rings. The van der Waals surface area contributed by atoms with E-state index in [-0.39, 0.29) is 24.8 Å². The minimum atomic E-state index is -0.474. The average molecular weight is 313 g/mol. The first-order valence-corrected chi connectivity index (χ1v) is 7.68. The van der Waals surface area contributed by atoms with Crippen LogP contribution in [0.5, 0.6) is 0 Å². The fourth-order valence-electron chi connectivity index (χ4n) is 2.68. The molecule has 3 rings (SSSR count). The van der Waals surface area contributed by atoms with Crippen molar-refractivity contribution in [2.24, 2.45) is 0 Å². The number of benzene rings is 1. The summed E-state index contributed by atoms with van der Waals surface area (Å²) in [6.45, 7) is 6.43. The van der Waals surface area contributed by atoms with Crippen molar-refractivity contribution in [1.29, 1.82) is 0 Å². The minimum Gasteiger partial charge on any atom is -0.461 e. The maximum atomic E-state index is 12.4. The largest absolute Gasteiger partial charge is 0.461 e. The van der Waals surface area contributed by atoms with Gasteiger partial charge in [0.15, 0.2) is 5.69 Å². The Morgan fingerprint density at radius 1 is 1.43 bits per heavy atom. The van der Waals surface area contributed by atoms with E-state index < -0.39 is 5.97 Å².